The molecule has 1 saturated carbocycles. The van der Waals surface area contributed by atoms with Gasteiger partial charge >= 0.3 is 12.0 Å². The summed E-state index contributed by atoms with van der Waals surface area (Å²) in [7, 11) is 0. The number of ether oxygens (including phenoxy) is 1. The monoisotopic (exact) mass is 402 g/mol. The van der Waals surface area contributed by atoms with E-state index in [1.807, 2.05) is 30.3 Å². The third kappa shape index (κ3) is 6.48. The van der Waals surface area contributed by atoms with Crippen LogP contribution in [0.1, 0.15) is 31.2 Å². The lowest BCUT2D eigenvalue weighted by Crippen LogP contribution is -2.50. The van der Waals surface area contributed by atoms with Crippen molar-refractivity contribution in [3.63, 3.8) is 0 Å². The number of hydrogen-bond donors (Lipinski definition) is 3. The third-order valence-corrected chi connectivity index (χ3v) is 4.84. The second-order valence-electron chi connectivity index (χ2n) is 7.21. The molecule has 9 nitrogen and oxygen atoms in total. The Morgan fingerprint density at radius 3 is 2.45 bits per heavy atom. The number of nitrogens with zero attached hydrogens (tertiary/aromatic N) is 1. The molecule has 9 heteroatoms. The summed E-state index contributed by atoms with van der Waals surface area (Å²) in [5, 5.41) is 7.70. The molecule has 1 aromatic rings. The highest BCUT2D eigenvalue weighted by molar-refractivity contribution is 5.91. The fourth-order valence-electron chi connectivity index (χ4n) is 3.12. The van der Waals surface area contributed by atoms with Gasteiger partial charge in [-0.05, 0) is 31.2 Å². The van der Waals surface area contributed by atoms with Crippen molar-refractivity contribution in [2.75, 3.05) is 19.6 Å². The lowest BCUT2D eigenvalue weighted by molar-refractivity contribution is -0.143. The Balaban J connectivity index is 1.33. The van der Waals surface area contributed by atoms with Crippen LogP contribution in [0.4, 0.5) is 4.79 Å². The van der Waals surface area contributed by atoms with E-state index in [9.17, 15) is 19.2 Å². The molecule has 2 aliphatic rings. The van der Waals surface area contributed by atoms with Crippen LogP contribution in [-0.4, -0.2) is 60.4 Å². The van der Waals surface area contributed by atoms with E-state index in [0.717, 1.165) is 24.8 Å². The largest absolute Gasteiger partial charge is 0.460 e. The third-order valence-electron chi connectivity index (χ3n) is 4.84. The summed E-state index contributed by atoms with van der Waals surface area (Å²) >= 11 is 0. The average molecular weight is 402 g/mol. The molecule has 1 aliphatic heterocycles. The topological polar surface area (TPSA) is 117 Å². The molecular formula is C20H26N4O5. The minimum atomic E-state index is -0.645. The Morgan fingerprint density at radius 1 is 1.00 bits per heavy atom. The fourth-order valence-corrected chi connectivity index (χ4v) is 3.12. The van der Waals surface area contributed by atoms with E-state index in [1.54, 1.807) is 0 Å². The van der Waals surface area contributed by atoms with Gasteiger partial charge in [-0.15, -0.1) is 0 Å². The maximum atomic E-state index is 12.4. The van der Waals surface area contributed by atoms with E-state index in [2.05, 4.69) is 16.0 Å². The Hall–Kier alpha value is -3.10. The number of likely N-dealkylation sites (tertiary alicyclic amines) is 1. The van der Waals surface area contributed by atoms with Crippen LogP contribution in [0.2, 0.25) is 0 Å². The predicted octanol–water partition coefficient (Wildman–Crippen LogP) is 0.299. The van der Waals surface area contributed by atoms with E-state index in [4.69, 9.17) is 4.74 Å². The fraction of sp³-hybridized carbons (Fsp3) is 0.500. The molecule has 1 atom stereocenters. The van der Waals surface area contributed by atoms with Crippen LogP contribution < -0.4 is 16.0 Å². The van der Waals surface area contributed by atoms with Gasteiger partial charge in [-0.1, -0.05) is 30.3 Å². The summed E-state index contributed by atoms with van der Waals surface area (Å²) < 4.78 is 5.06. The molecule has 0 radical (unpaired) electrons. The molecular weight excluding hydrogens is 376 g/mol. The van der Waals surface area contributed by atoms with Crippen molar-refractivity contribution in [1.82, 2.24) is 20.9 Å². The molecule has 1 saturated heterocycles. The van der Waals surface area contributed by atoms with Crippen molar-refractivity contribution >= 4 is 23.8 Å². The Bertz CT molecular complexity index is 750. The minimum Gasteiger partial charge on any atom is -0.460 e. The molecule has 2 fully saturated rings. The van der Waals surface area contributed by atoms with Crippen molar-refractivity contribution in [2.24, 2.45) is 0 Å². The summed E-state index contributed by atoms with van der Waals surface area (Å²) in [5.74, 6) is -1.02. The maximum Gasteiger partial charge on any atom is 0.325 e. The van der Waals surface area contributed by atoms with Crippen molar-refractivity contribution in [1.29, 1.82) is 0 Å². The van der Waals surface area contributed by atoms with Crippen LogP contribution in [-0.2, 0) is 25.7 Å². The normalized spacial score (nSPS) is 18.1. The summed E-state index contributed by atoms with van der Waals surface area (Å²) in [4.78, 5) is 49.6. The van der Waals surface area contributed by atoms with Crippen LogP contribution >= 0.6 is 0 Å². The zero-order valence-electron chi connectivity index (χ0n) is 16.2. The Kier molecular flexibility index (Phi) is 7.04. The average Bonchev–Trinajstić information content (AvgIpc) is 3.40. The first-order valence-corrected chi connectivity index (χ1v) is 9.84. The predicted molar refractivity (Wildman–Crippen MR) is 104 cm³/mol. The van der Waals surface area contributed by atoms with E-state index < -0.39 is 18.0 Å². The number of amides is 4. The molecule has 1 heterocycles. The molecule has 0 spiro atoms. The van der Waals surface area contributed by atoms with Gasteiger partial charge < -0.3 is 25.6 Å². The summed E-state index contributed by atoms with van der Waals surface area (Å²) in [6, 6.07) is 8.33. The number of urea groups is 1. The van der Waals surface area contributed by atoms with Crippen molar-refractivity contribution in [2.45, 2.75) is 44.4 Å². The molecule has 1 aromatic carbocycles. The van der Waals surface area contributed by atoms with E-state index in [0.29, 0.717) is 13.0 Å². The lowest BCUT2D eigenvalue weighted by atomic mass is 10.2. The Morgan fingerprint density at radius 2 is 1.72 bits per heavy atom. The van der Waals surface area contributed by atoms with Crippen LogP contribution in [0.25, 0.3) is 0 Å². The maximum absolute atomic E-state index is 12.4. The second-order valence-corrected chi connectivity index (χ2v) is 7.21. The molecule has 3 rings (SSSR count). The van der Waals surface area contributed by atoms with Gasteiger partial charge in [-0.3, -0.25) is 14.4 Å². The van der Waals surface area contributed by atoms with Crippen molar-refractivity contribution in [3.8, 4) is 0 Å². The van der Waals surface area contributed by atoms with Gasteiger partial charge in [0.25, 0.3) is 0 Å². The minimum absolute atomic E-state index is 0.121. The van der Waals surface area contributed by atoms with Gasteiger partial charge in [-0.2, -0.15) is 0 Å². The molecule has 156 valence electrons. The summed E-state index contributed by atoms with van der Waals surface area (Å²) in [6.45, 7) is 0.0819. The van der Waals surface area contributed by atoms with E-state index in [-0.39, 0.29) is 37.6 Å². The van der Waals surface area contributed by atoms with Gasteiger partial charge in [0, 0.05) is 12.6 Å². The highest BCUT2D eigenvalue weighted by atomic mass is 16.5. The molecule has 0 unspecified atom stereocenters. The zero-order valence-corrected chi connectivity index (χ0v) is 16.2. The zero-order chi connectivity index (χ0) is 20.6. The first-order chi connectivity index (χ1) is 14.0. The van der Waals surface area contributed by atoms with Crippen LogP contribution in [0.15, 0.2) is 30.3 Å². The second kappa shape index (κ2) is 9.90. The summed E-state index contributed by atoms with van der Waals surface area (Å²) in [6.07, 6.45) is 3.36. The smallest absolute Gasteiger partial charge is 0.325 e. The van der Waals surface area contributed by atoms with E-state index >= 15 is 0 Å². The standard InChI is InChI=1S/C20H26N4O5/c25-17(24-10-4-7-16(24)19(27)23-15-8-9-15)11-21-20(28)22-12-18(26)29-13-14-5-2-1-3-6-14/h1-3,5-6,15-16H,4,7-13H2,(H,23,27)(H2,21,22,28)/t16-/m0/s1. The highest BCUT2D eigenvalue weighted by Crippen LogP contribution is 2.22. The number of esters is 1. The van der Waals surface area contributed by atoms with Gasteiger partial charge in [-0.25, -0.2) is 4.79 Å². The summed E-state index contributed by atoms with van der Waals surface area (Å²) in [5.41, 5.74) is 0.849. The molecule has 4 amide bonds. The molecule has 1 aliphatic carbocycles. The molecule has 29 heavy (non-hydrogen) atoms. The van der Waals surface area contributed by atoms with Gasteiger partial charge in [0.15, 0.2) is 0 Å². The molecule has 0 bridgehead atoms. The van der Waals surface area contributed by atoms with Gasteiger partial charge in [0.1, 0.15) is 19.2 Å². The van der Waals surface area contributed by atoms with Crippen LogP contribution in [0.3, 0.4) is 0 Å². The van der Waals surface area contributed by atoms with Crippen molar-refractivity contribution in [3.05, 3.63) is 35.9 Å². The van der Waals surface area contributed by atoms with Crippen LogP contribution in [0.5, 0.6) is 0 Å². The first kappa shape index (κ1) is 20.6. The van der Waals surface area contributed by atoms with Crippen molar-refractivity contribution < 1.29 is 23.9 Å². The number of nitrogens with one attached hydrogen (secondary N) is 3. The number of benzene rings is 1. The number of carbonyl (C=O) groups is 4. The SMILES string of the molecule is O=C(NCC(=O)OCc1ccccc1)NCC(=O)N1CCC[C@H]1C(=O)NC1CC1. The van der Waals surface area contributed by atoms with E-state index in [1.165, 1.54) is 4.90 Å². The first-order valence-electron chi connectivity index (χ1n) is 9.84. The highest BCUT2D eigenvalue weighted by Gasteiger charge is 2.36. The number of carbonyl (C=O) groups excluding carboxylic acids is 4. The molecule has 0 aromatic heterocycles. The molecule has 3 N–H and O–H groups in total. The van der Waals surface area contributed by atoms with Gasteiger partial charge in [0.2, 0.25) is 11.8 Å². The number of hydrogen-bond acceptors (Lipinski definition) is 5. The van der Waals surface area contributed by atoms with Crippen LogP contribution in [0, 0.1) is 0 Å². The Labute approximate surface area is 169 Å². The quantitative estimate of drug-likeness (QED) is 0.541. The van der Waals surface area contributed by atoms with Gasteiger partial charge in [0.05, 0.1) is 6.54 Å². The lowest BCUT2D eigenvalue weighted by Gasteiger charge is -2.24. The number of rotatable bonds is 8.